The molecule has 1 nitrogen and oxygen atoms in total. The van der Waals surface area contributed by atoms with Crippen molar-refractivity contribution in [2.75, 3.05) is 0 Å². The van der Waals surface area contributed by atoms with Gasteiger partial charge in [0.15, 0.2) is 5.82 Å². The molecule has 0 saturated heterocycles. The van der Waals surface area contributed by atoms with E-state index in [2.05, 4.69) is 34.8 Å². The van der Waals surface area contributed by atoms with Gasteiger partial charge in [-0.15, -0.1) is 0 Å². The first-order valence-corrected chi connectivity index (χ1v) is 5.23. The SMILES string of the molecule is CCC(C)Cc1ccnc(Br)c1F. The molecule has 0 fully saturated rings. The number of halogens is 2. The van der Waals surface area contributed by atoms with Crippen LogP contribution in [0.4, 0.5) is 4.39 Å². The Morgan fingerprint density at radius 1 is 1.62 bits per heavy atom. The lowest BCUT2D eigenvalue weighted by Crippen LogP contribution is -2.01. The zero-order valence-corrected chi connectivity index (χ0v) is 9.44. The van der Waals surface area contributed by atoms with Gasteiger partial charge in [-0.3, -0.25) is 0 Å². The van der Waals surface area contributed by atoms with E-state index >= 15 is 0 Å². The minimum atomic E-state index is -0.220. The topological polar surface area (TPSA) is 12.9 Å². The van der Waals surface area contributed by atoms with Crippen molar-refractivity contribution in [2.24, 2.45) is 5.92 Å². The highest BCUT2D eigenvalue weighted by molar-refractivity contribution is 9.10. The quantitative estimate of drug-likeness (QED) is 0.743. The van der Waals surface area contributed by atoms with Crippen LogP contribution in [0.15, 0.2) is 16.9 Å². The molecule has 0 amide bonds. The summed E-state index contributed by atoms with van der Waals surface area (Å²) in [5.74, 6) is 0.298. The number of nitrogens with zero attached hydrogens (tertiary/aromatic N) is 1. The predicted octanol–water partition coefficient (Wildman–Crippen LogP) is 3.57. The van der Waals surface area contributed by atoms with Gasteiger partial charge in [0.05, 0.1) is 0 Å². The summed E-state index contributed by atoms with van der Waals surface area (Å²) in [6, 6.07) is 1.74. The van der Waals surface area contributed by atoms with Gasteiger partial charge in [0.25, 0.3) is 0 Å². The summed E-state index contributed by atoms with van der Waals surface area (Å²) in [5.41, 5.74) is 0.747. The van der Waals surface area contributed by atoms with E-state index < -0.39 is 0 Å². The summed E-state index contributed by atoms with van der Waals surface area (Å²) in [7, 11) is 0. The van der Waals surface area contributed by atoms with Crippen LogP contribution in [0, 0.1) is 11.7 Å². The molecule has 0 radical (unpaired) electrons. The third-order valence-electron chi connectivity index (χ3n) is 2.19. The van der Waals surface area contributed by atoms with Gasteiger partial charge in [-0.25, -0.2) is 9.37 Å². The van der Waals surface area contributed by atoms with Gasteiger partial charge in [0.2, 0.25) is 0 Å². The van der Waals surface area contributed by atoms with E-state index in [4.69, 9.17) is 0 Å². The van der Waals surface area contributed by atoms with Gasteiger partial charge in [-0.2, -0.15) is 0 Å². The lowest BCUT2D eigenvalue weighted by molar-refractivity contribution is 0.526. The summed E-state index contributed by atoms with van der Waals surface area (Å²) in [6.45, 7) is 4.23. The van der Waals surface area contributed by atoms with E-state index in [9.17, 15) is 4.39 Å². The average molecular weight is 246 g/mol. The Kier molecular flexibility index (Phi) is 3.85. The van der Waals surface area contributed by atoms with Crippen molar-refractivity contribution in [2.45, 2.75) is 26.7 Å². The second-order valence-electron chi connectivity index (χ2n) is 3.29. The van der Waals surface area contributed by atoms with Crippen molar-refractivity contribution >= 4 is 15.9 Å². The molecular weight excluding hydrogens is 233 g/mol. The van der Waals surface area contributed by atoms with Crippen LogP contribution in [0.5, 0.6) is 0 Å². The number of hydrogen-bond acceptors (Lipinski definition) is 1. The lowest BCUT2D eigenvalue weighted by Gasteiger charge is -2.09. The Labute approximate surface area is 86.5 Å². The number of aromatic nitrogens is 1. The molecule has 1 atom stereocenters. The molecule has 3 heteroatoms. The first kappa shape index (κ1) is 10.6. The van der Waals surface area contributed by atoms with Gasteiger partial charge >= 0.3 is 0 Å². The van der Waals surface area contributed by atoms with Crippen molar-refractivity contribution in [3.05, 3.63) is 28.2 Å². The van der Waals surface area contributed by atoms with Crippen molar-refractivity contribution in [3.63, 3.8) is 0 Å². The number of rotatable bonds is 3. The Morgan fingerprint density at radius 3 is 2.92 bits per heavy atom. The fourth-order valence-corrected chi connectivity index (χ4v) is 1.51. The summed E-state index contributed by atoms with van der Waals surface area (Å²) >= 11 is 3.07. The summed E-state index contributed by atoms with van der Waals surface area (Å²) in [5, 5.41) is 0. The van der Waals surface area contributed by atoms with Crippen LogP contribution in [-0.4, -0.2) is 4.98 Å². The molecule has 1 aromatic rings. The zero-order chi connectivity index (χ0) is 9.84. The van der Waals surface area contributed by atoms with Crippen LogP contribution < -0.4 is 0 Å². The van der Waals surface area contributed by atoms with E-state index in [1.165, 1.54) is 0 Å². The maximum absolute atomic E-state index is 13.4. The molecule has 0 aliphatic heterocycles. The molecule has 1 unspecified atom stereocenters. The van der Waals surface area contributed by atoms with Crippen LogP contribution in [0.2, 0.25) is 0 Å². The van der Waals surface area contributed by atoms with Crippen LogP contribution >= 0.6 is 15.9 Å². The summed E-state index contributed by atoms with van der Waals surface area (Å²) in [4.78, 5) is 3.81. The summed E-state index contributed by atoms with van der Waals surface area (Å²) in [6.07, 6.45) is 3.48. The Bertz CT molecular complexity index is 288. The number of hydrogen-bond donors (Lipinski definition) is 0. The maximum atomic E-state index is 13.4. The van der Waals surface area contributed by atoms with Crippen molar-refractivity contribution in [1.29, 1.82) is 0 Å². The largest absolute Gasteiger partial charge is 0.246 e. The van der Waals surface area contributed by atoms with Crippen LogP contribution in [-0.2, 0) is 6.42 Å². The molecule has 13 heavy (non-hydrogen) atoms. The fraction of sp³-hybridized carbons (Fsp3) is 0.500. The maximum Gasteiger partial charge on any atom is 0.159 e. The fourth-order valence-electron chi connectivity index (χ4n) is 1.13. The lowest BCUT2D eigenvalue weighted by atomic mass is 10.00. The highest BCUT2D eigenvalue weighted by Gasteiger charge is 2.09. The molecule has 1 heterocycles. The standard InChI is InChI=1S/C10H13BrFN/c1-3-7(2)6-8-4-5-13-10(11)9(8)12/h4-5,7H,3,6H2,1-2H3. The highest BCUT2D eigenvalue weighted by atomic mass is 79.9. The van der Waals surface area contributed by atoms with E-state index in [0.717, 1.165) is 18.4 Å². The average Bonchev–Trinajstić information content (AvgIpc) is 2.13. The molecule has 0 spiro atoms. The van der Waals surface area contributed by atoms with Gasteiger partial charge < -0.3 is 0 Å². The molecule has 0 bridgehead atoms. The second-order valence-corrected chi connectivity index (χ2v) is 4.04. The van der Waals surface area contributed by atoms with E-state index in [-0.39, 0.29) is 5.82 Å². The Morgan fingerprint density at radius 2 is 2.31 bits per heavy atom. The monoisotopic (exact) mass is 245 g/mol. The van der Waals surface area contributed by atoms with Crippen LogP contribution in [0.25, 0.3) is 0 Å². The first-order chi connectivity index (χ1) is 6.15. The molecular formula is C10H13BrFN. The Balaban J connectivity index is 2.83. The molecule has 0 aliphatic rings. The minimum Gasteiger partial charge on any atom is -0.246 e. The second kappa shape index (κ2) is 4.70. The molecule has 0 saturated carbocycles. The van der Waals surface area contributed by atoms with Gasteiger partial charge in [0.1, 0.15) is 4.60 Å². The van der Waals surface area contributed by atoms with E-state index in [1.54, 1.807) is 12.3 Å². The van der Waals surface area contributed by atoms with Gasteiger partial charge in [0, 0.05) is 6.20 Å². The predicted molar refractivity (Wildman–Crippen MR) is 55.1 cm³/mol. The van der Waals surface area contributed by atoms with Crippen molar-refractivity contribution in [1.82, 2.24) is 4.98 Å². The van der Waals surface area contributed by atoms with Crippen molar-refractivity contribution < 1.29 is 4.39 Å². The molecule has 0 aliphatic carbocycles. The first-order valence-electron chi connectivity index (χ1n) is 4.44. The third kappa shape index (κ3) is 2.76. The molecule has 72 valence electrons. The van der Waals surface area contributed by atoms with Gasteiger partial charge in [-0.05, 0) is 39.9 Å². The zero-order valence-electron chi connectivity index (χ0n) is 7.85. The minimum absolute atomic E-state index is 0.220. The Hall–Kier alpha value is -0.440. The number of pyridine rings is 1. The van der Waals surface area contributed by atoms with Crippen LogP contribution in [0.3, 0.4) is 0 Å². The molecule has 1 rings (SSSR count). The van der Waals surface area contributed by atoms with Gasteiger partial charge in [-0.1, -0.05) is 20.3 Å². The highest BCUT2D eigenvalue weighted by Crippen LogP contribution is 2.19. The van der Waals surface area contributed by atoms with Crippen LogP contribution in [0.1, 0.15) is 25.8 Å². The van der Waals surface area contributed by atoms with E-state index in [0.29, 0.717) is 10.5 Å². The molecule has 0 aromatic carbocycles. The van der Waals surface area contributed by atoms with Crippen molar-refractivity contribution in [3.8, 4) is 0 Å². The normalized spacial score (nSPS) is 12.9. The van der Waals surface area contributed by atoms with E-state index in [1.807, 2.05) is 0 Å². The molecule has 1 aromatic heterocycles. The molecule has 0 N–H and O–H groups in total. The third-order valence-corrected chi connectivity index (χ3v) is 2.74. The summed E-state index contributed by atoms with van der Waals surface area (Å²) < 4.78 is 13.7. The smallest absolute Gasteiger partial charge is 0.159 e.